The van der Waals surface area contributed by atoms with Gasteiger partial charge in [0.05, 0.1) is 5.56 Å². The first-order chi connectivity index (χ1) is 9.38. The van der Waals surface area contributed by atoms with E-state index in [0.29, 0.717) is 27.8 Å². The zero-order valence-electron chi connectivity index (χ0n) is 11.6. The molecule has 1 heterocycles. The highest BCUT2D eigenvalue weighted by molar-refractivity contribution is 7.80. The van der Waals surface area contributed by atoms with Crippen LogP contribution in [0.2, 0.25) is 0 Å². The number of anilines is 1. The molecular weight excluding hydrogens is 272 g/mol. The van der Waals surface area contributed by atoms with Crippen LogP contribution < -0.4 is 11.1 Å². The van der Waals surface area contributed by atoms with Crippen molar-refractivity contribution in [2.45, 2.75) is 20.8 Å². The number of thiocarbonyl (C=S) groups is 1. The fourth-order valence-corrected chi connectivity index (χ4v) is 2.08. The maximum atomic E-state index is 12.2. The van der Waals surface area contributed by atoms with Crippen LogP contribution in [-0.2, 0) is 0 Å². The maximum absolute atomic E-state index is 12.2. The van der Waals surface area contributed by atoms with Crippen LogP contribution in [0.15, 0.2) is 28.7 Å². The number of benzene rings is 1. The number of nitrogens with one attached hydrogen (secondary N) is 1. The predicted octanol–water partition coefficient (Wildman–Crippen LogP) is 3.09. The van der Waals surface area contributed by atoms with Gasteiger partial charge in [-0.05, 0) is 38.5 Å². The van der Waals surface area contributed by atoms with Crippen LogP contribution in [-0.4, -0.2) is 10.9 Å². The number of furan rings is 1. The third kappa shape index (κ3) is 2.88. The SMILES string of the molecule is Cc1cc(C(=O)Nc2cc(C(N)=S)ccc2C)c(C)o1. The molecule has 104 valence electrons. The number of rotatable bonds is 3. The zero-order valence-corrected chi connectivity index (χ0v) is 12.4. The standard InChI is InChI=1S/C15H16N2O2S/c1-8-4-5-11(14(16)20)7-13(8)17-15(18)12-6-9(2)19-10(12)3/h4-7H,1-3H3,(H2,16,20)(H,17,18). The second-order valence-electron chi connectivity index (χ2n) is 4.67. The summed E-state index contributed by atoms with van der Waals surface area (Å²) in [5.74, 6) is 1.10. The van der Waals surface area contributed by atoms with E-state index in [0.717, 1.165) is 11.1 Å². The molecule has 20 heavy (non-hydrogen) atoms. The van der Waals surface area contributed by atoms with Crippen LogP contribution in [0.1, 0.15) is 33.0 Å². The van der Waals surface area contributed by atoms with E-state index in [-0.39, 0.29) is 5.91 Å². The van der Waals surface area contributed by atoms with Crippen LogP contribution in [0.3, 0.4) is 0 Å². The molecule has 2 aromatic rings. The normalized spacial score (nSPS) is 10.3. The van der Waals surface area contributed by atoms with E-state index in [9.17, 15) is 4.79 Å². The van der Waals surface area contributed by atoms with Gasteiger partial charge in [0.15, 0.2) is 0 Å². The van der Waals surface area contributed by atoms with E-state index in [2.05, 4.69) is 5.32 Å². The molecule has 0 aliphatic heterocycles. The van der Waals surface area contributed by atoms with Crippen molar-refractivity contribution < 1.29 is 9.21 Å². The predicted molar refractivity (Wildman–Crippen MR) is 83.2 cm³/mol. The number of hydrogen-bond donors (Lipinski definition) is 2. The molecule has 1 aromatic heterocycles. The first kappa shape index (κ1) is 14.3. The molecule has 5 heteroatoms. The molecule has 0 bridgehead atoms. The molecule has 1 amide bonds. The highest BCUT2D eigenvalue weighted by atomic mass is 32.1. The van der Waals surface area contributed by atoms with Crippen LogP contribution in [0.25, 0.3) is 0 Å². The summed E-state index contributed by atoms with van der Waals surface area (Å²) in [6, 6.07) is 7.20. The van der Waals surface area contributed by atoms with Gasteiger partial charge in [0.25, 0.3) is 5.91 Å². The minimum atomic E-state index is -0.206. The average Bonchev–Trinajstić information content (AvgIpc) is 2.71. The van der Waals surface area contributed by atoms with Gasteiger partial charge in [-0.3, -0.25) is 4.79 Å². The van der Waals surface area contributed by atoms with E-state index >= 15 is 0 Å². The lowest BCUT2D eigenvalue weighted by atomic mass is 10.1. The van der Waals surface area contributed by atoms with Crippen molar-refractivity contribution in [2.24, 2.45) is 5.73 Å². The Kier molecular flexibility index (Phi) is 3.90. The molecule has 3 N–H and O–H groups in total. The molecule has 0 saturated carbocycles. The van der Waals surface area contributed by atoms with E-state index in [1.54, 1.807) is 19.1 Å². The Morgan fingerprint density at radius 3 is 2.50 bits per heavy atom. The van der Waals surface area contributed by atoms with Crippen molar-refractivity contribution in [1.29, 1.82) is 0 Å². The Hall–Kier alpha value is -2.14. The van der Waals surface area contributed by atoms with Crippen molar-refractivity contribution in [3.63, 3.8) is 0 Å². The number of hydrogen-bond acceptors (Lipinski definition) is 3. The molecule has 0 atom stereocenters. The van der Waals surface area contributed by atoms with Crippen molar-refractivity contribution >= 4 is 28.8 Å². The summed E-state index contributed by atoms with van der Waals surface area (Å²) in [7, 11) is 0. The number of carbonyl (C=O) groups is 1. The lowest BCUT2D eigenvalue weighted by Gasteiger charge is -2.09. The Morgan fingerprint density at radius 1 is 1.25 bits per heavy atom. The summed E-state index contributed by atoms with van der Waals surface area (Å²) < 4.78 is 5.36. The van der Waals surface area contributed by atoms with Crippen LogP contribution >= 0.6 is 12.2 Å². The molecule has 0 aliphatic carbocycles. The number of aryl methyl sites for hydroxylation is 3. The van der Waals surface area contributed by atoms with Gasteiger partial charge in [0, 0.05) is 11.3 Å². The van der Waals surface area contributed by atoms with Crippen LogP contribution in [0, 0.1) is 20.8 Å². The van der Waals surface area contributed by atoms with E-state index in [1.807, 2.05) is 26.0 Å². The molecule has 2 rings (SSSR count). The highest BCUT2D eigenvalue weighted by Gasteiger charge is 2.14. The Morgan fingerprint density at radius 2 is 1.95 bits per heavy atom. The van der Waals surface area contributed by atoms with Crippen molar-refractivity contribution in [1.82, 2.24) is 0 Å². The van der Waals surface area contributed by atoms with Gasteiger partial charge in [-0.15, -0.1) is 0 Å². The second kappa shape index (κ2) is 5.46. The van der Waals surface area contributed by atoms with E-state index in [1.165, 1.54) is 0 Å². The molecule has 0 radical (unpaired) electrons. The van der Waals surface area contributed by atoms with Gasteiger partial charge in [0.2, 0.25) is 0 Å². The summed E-state index contributed by atoms with van der Waals surface area (Å²) >= 11 is 4.95. The first-order valence-corrected chi connectivity index (χ1v) is 6.58. The molecule has 0 unspecified atom stereocenters. The van der Waals surface area contributed by atoms with Crippen molar-refractivity contribution in [3.05, 3.63) is 52.5 Å². The second-order valence-corrected chi connectivity index (χ2v) is 5.11. The lowest BCUT2D eigenvalue weighted by Crippen LogP contribution is -2.15. The topological polar surface area (TPSA) is 68.3 Å². The maximum Gasteiger partial charge on any atom is 0.259 e. The molecule has 0 aliphatic rings. The fraction of sp³-hybridized carbons (Fsp3) is 0.200. The lowest BCUT2D eigenvalue weighted by molar-refractivity contribution is 0.102. The summed E-state index contributed by atoms with van der Waals surface area (Å²) in [5, 5.41) is 2.86. The Balaban J connectivity index is 2.30. The molecule has 0 saturated heterocycles. The third-order valence-corrected chi connectivity index (χ3v) is 3.29. The van der Waals surface area contributed by atoms with E-state index < -0.39 is 0 Å². The minimum absolute atomic E-state index is 0.206. The Bertz CT molecular complexity index is 689. The van der Waals surface area contributed by atoms with Gasteiger partial charge < -0.3 is 15.5 Å². The van der Waals surface area contributed by atoms with Crippen molar-refractivity contribution in [2.75, 3.05) is 5.32 Å². The molecule has 1 aromatic carbocycles. The van der Waals surface area contributed by atoms with Gasteiger partial charge in [-0.25, -0.2) is 0 Å². The smallest absolute Gasteiger partial charge is 0.259 e. The number of amides is 1. The fourth-order valence-electron chi connectivity index (χ4n) is 1.96. The monoisotopic (exact) mass is 288 g/mol. The van der Waals surface area contributed by atoms with Crippen LogP contribution in [0.4, 0.5) is 5.69 Å². The zero-order chi connectivity index (χ0) is 14.9. The number of nitrogens with two attached hydrogens (primary N) is 1. The quantitative estimate of drug-likeness (QED) is 0.852. The molecule has 0 spiro atoms. The first-order valence-electron chi connectivity index (χ1n) is 6.17. The van der Waals surface area contributed by atoms with Gasteiger partial charge in [-0.2, -0.15) is 0 Å². The van der Waals surface area contributed by atoms with Gasteiger partial charge >= 0.3 is 0 Å². The largest absolute Gasteiger partial charge is 0.466 e. The summed E-state index contributed by atoms with van der Waals surface area (Å²) in [6.45, 7) is 5.48. The Labute approximate surface area is 123 Å². The summed E-state index contributed by atoms with van der Waals surface area (Å²) in [5.41, 5.74) is 8.49. The molecular formula is C15H16N2O2S. The molecule has 4 nitrogen and oxygen atoms in total. The average molecular weight is 288 g/mol. The van der Waals surface area contributed by atoms with Gasteiger partial charge in [0.1, 0.15) is 16.5 Å². The number of carbonyl (C=O) groups excluding carboxylic acids is 1. The van der Waals surface area contributed by atoms with Crippen molar-refractivity contribution in [3.8, 4) is 0 Å². The highest BCUT2D eigenvalue weighted by Crippen LogP contribution is 2.20. The summed E-state index contributed by atoms with van der Waals surface area (Å²) in [4.78, 5) is 12.5. The minimum Gasteiger partial charge on any atom is -0.466 e. The van der Waals surface area contributed by atoms with E-state index in [4.69, 9.17) is 22.4 Å². The van der Waals surface area contributed by atoms with Gasteiger partial charge in [-0.1, -0.05) is 24.4 Å². The molecule has 0 fully saturated rings. The summed E-state index contributed by atoms with van der Waals surface area (Å²) in [6.07, 6.45) is 0. The third-order valence-electron chi connectivity index (χ3n) is 3.06. The van der Waals surface area contributed by atoms with Crippen LogP contribution in [0.5, 0.6) is 0 Å².